The average molecular weight is 689 g/mol. The van der Waals surface area contributed by atoms with E-state index in [1.807, 2.05) is 0 Å². The van der Waals surface area contributed by atoms with Crippen LogP contribution in [0.1, 0.15) is 0 Å². The van der Waals surface area contributed by atoms with E-state index in [0.717, 1.165) is 17.1 Å². The second kappa shape index (κ2) is 13.4. The molecule has 0 unspecified atom stereocenters. The summed E-state index contributed by atoms with van der Waals surface area (Å²) in [6.07, 6.45) is 0. The van der Waals surface area contributed by atoms with Crippen LogP contribution in [0.2, 0.25) is 0 Å². The lowest BCUT2D eigenvalue weighted by Gasteiger charge is -2.26. The second-order valence-corrected chi connectivity index (χ2v) is 13.8. The lowest BCUT2D eigenvalue weighted by molar-refractivity contribution is 1.20. The first-order valence-corrected chi connectivity index (χ1v) is 18.5. The summed E-state index contributed by atoms with van der Waals surface area (Å²) in [7, 11) is 0. The summed E-state index contributed by atoms with van der Waals surface area (Å²) in [5.74, 6) is 0. The van der Waals surface area contributed by atoms with Gasteiger partial charge in [0.25, 0.3) is 0 Å². The maximum atomic E-state index is 2.42. The van der Waals surface area contributed by atoms with Gasteiger partial charge in [-0.25, -0.2) is 0 Å². The van der Waals surface area contributed by atoms with Crippen molar-refractivity contribution in [3.8, 4) is 39.1 Å². The zero-order valence-electron chi connectivity index (χ0n) is 29.7. The maximum Gasteiger partial charge on any atom is 0.0541 e. The van der Waals surface area contributed by atoms with Gasteiger partial charge in [0.1, 0.15) is 0 Å². The van der Waals surface area contributed by atoms with Crippen LogP contribution in [0.5, 0.6) is 0 Å². The molecule has 0 amide bonds. The van der Waals surface area contributed by atoms with Gasteiger partial charge in [0, 0.05) is 33.2 Å². The molecule has 254 valence electrons. The fourth-order valence-corrected chi connectivity index (χ4v) is 8.03. The lowest BCUT2D eigenvalue weighted by atomic mass is 9.97. The van der Waals surface area contributed by atoms with E-state index in [9.17, 15) is 0 Å². The van der Waals surface area contributed by atoms with Crippen LogP contribution >= 0.6 is 0 Å². The number of hydrogen-bond donors (Lipinski definition) is 0. The molecule has 0 aliphatic carbocycles. The monoisotopic (exact) mass is 688 g/mol. The number of para-hydroxylation sites is 2. The van der Waals surface area contributed by atoms with Crippen LogP contribution in [0.15, 0.2) is 218 Å². The predicted octanol–water partition coefficient (Wildman–Crippen LogP) is 14.4. The Balaban J connectivity index is 1.06. The van der Waals surface area contributed by atoms with Crippen LogP contribution in [-0.2, 0) is 0 Å². The Kier molecular flexibility index (Phi) is 7.85. The van der Waals surface area contributed by atoms with Crippen LogP contribution in [0.3, 0.4) is 0 Å². The van der Waals surface area contributed by atoms with E-state index in [2.05, 4.69) is 228 Å². The second-order valence-electron chi connectivity index (χ2n) is 13.8. The quantitative estimate of drug-likeness (QED) is 0.162. The first-order valence-electron chi connectivity index (χ1n) is 18.5. The highest BCUT2D eigenvalue weighted by Gasteiger charge is 2.17. The number of hydrogen-bond acceptors (Lipinski definition) is 1. The summed E-state index contributed by atoms with van der Waals surface area (Å²) in [5.41, 5.74) is 14.2. The Hall–Kier alpha value is -7.16. The topological polar surface area (TPSA) is 8.17 Å². The van der Waals surface area contributed by atoms with Gasteiger partial charge in [0.05, 0.1) is 16.7 Å². The molecule has 0 spiro atoms. The van der Waals surface area contributed by atoms with Gasteiger partial charge in [-0.15, -0.1) is 0 Å². The van der Waals surface area contributed by atoms with E-state index < -0.39 is 0 Å². The SMILES string of the molecule is c1ccc(-c2ccc(N(c3ccc(-c4ccccc4)cc3)c3ccc(-c4cccc5c(-n6c7ccccc7c7ccccc76)cccc45)cc3)cc2)cc1. The van der Waals surface area contributed by atoms with E-state index in [-0.39, 0.29) is 0 Å². The number of anilines is 3. The fourth-order valence-electron chi connectivity index (χ4n) is 8.03. The first kappa shape index (κ1) is 31.6. The molecule has 0 aliphatic heterocycles. The predicted molar refractivity (Wildman–Crippen MR) is 229 cm³/mol. The summed E-state index contributed by atoms with van der Waals surface area (Å²) in [4.78, 5) is 2.34. The van der Waals surface area contributed by atoms with Crippen molar-refractivity contribution < 1.29 is 0 Å². The Morgan fingerprint density at radius 2 is 0.648 bits per heavy atom. The molecule has 0 atom stereocenters. The zero-order valence-corrected chi connectivity index (χ0v) is 29.7. The lowest BCUT2D eigenvalue weighted by Crippen LogP contribution is -2.09. The molecule has 1 aromatic heterocycles. The highest BCUT2D eigenvalue weighted by atomic mass is 15.1. The smallest absolute Gasteiger partial charge is 0.0541 e. The minimum atomic E-state index is 1.10. The number of fused-ring (bicyclic) bond motifs is 4. The minimum Gasteiger partial charge on any atom is -0.311 e. The highest BCUT2D eigenvalue weighted by molar-refractivity contribution is 6.11. The van der Waals surface area contributed by atoms with Gasteiger partial charge >= 0.3 is 0 Å². The molecule has 0 N–H and O–H groups in total. The Morgan fingerprint density at radius 1 is 0.259 bits per heavy atom. The van der Waals surface area contributed by atoms with E-state index in [4.69, 9.17) is 0 Å². The van der Waals surface area contributed by atoms with Crippen molar-refractivity contribution in [3.05, 3.63) is 218 Å². The Morgan fingerprint density at radius 3 is 1.17 bits per heavy atom. The van der Waals surface area contributed by atoms with Crippen molar-refractivity contribution >= 4 is 49.6 Å². The molecular formula is C52H36N2. The molecule has 10 aromatic rings. The van der Waals surface area contributed by atoms with Crippen LogP contribution in [0.25, 0.3) is 71.6 Å². The van der Waals surface area contributed by atoms with Crippen LogP contribution < -0.4 is 4.90 Å². The van der Waals surface area contributed by atoms with Crippen molar-refractivity contribution in [2.24, 2.45) is 0 Å². The van der Waals surface area contributed by atoms with Gasteiger partial charge in [-0.1, -0.05) is 164 Å². The highest BCUT2D eigenvalue weighted by Crippen LogP contribution is 2.40. The molecule has 0 fully saturated rings. The number of benzene rings is 9. The van der Waals surface area contributed by atoms with Crippen molar-refractivity contribution in [3.63, 3.8) is 0 Å². The van der Waals surface area contributed by atoms with Gasteiger partial charge in [-0.05, 0) is 93.4 Å². The molecule has 2 heteroatoms. The molecule has 0 saturated heterocycles. The van der Waals surface area contributed by atoms with E-state index in [1.54, 1.807) is 0 Å². The molecule has 9 aromatic carbocycles. The van der Waals surface area contributed by atoms with Crippen LogP contribution in [-0.4, -0.2) is 4.57 Å². The van der Waals surface area contributed by atoms with Crippen molar-refractivity contribution in [1.82, 2.24) is 4.57 Å². The van der Waals surface area contributed by atoms with E-state index >= 15 is 0 Å². The molecular weight excluding hydrogens is 653 g/mol. The third kappa shape index (κ3) is 5.53. The van der Waals surface area contributed by atoms with E-state index in [1.165, 1.54) is 71.6 Å². The third-order valence-electron chi connectivity index (χ3n) is 10.6. The van der Waals surface area contributed by atoms with Gasteiger partial charge < -0.3 is 9.47 Å². The van der Waals surface area contributed by atoms with E-state index in [0.29, 0.717) is 0 Å². The van der Waals surface area contributed by atoms with Gasteiger partial charge in [0.15, 0.2) is 0 Å². The summed E-state index contributed by atoms with van der Waals surface area (Å²) in [6, 6.07) is 78.7. The Bertz CT molecular complexity index is 2750. The number of aromatic nitrogens is 1. The fraction of sp³-hybridized carbons (Fsp3) is 0. The normalized spacial score (nSPS) is 11.3. The van der Waals surface area contributed by atoms with Crippen LogP contribution in [0.4, 0.5) is 17.1 Å². The first-order chi connectivity index (χ1) is 26.8. The standard InChI is InChI=1S/C52H36N2/c1-3-13-37(14-4-1)39-25-31-42(32-26-39)53(43-33-27-40(28-34-43)38-15-5-2-6-16-38)44-35-29-41(30-36-44)45-19-11-21-47-46(45)20-12-24-52(47)54-50-22-9-7-17-48(50)49-18-8-10-23-51(49)54/h1-36H. The molecule has 10 rings (SSSR count). The summed E-state index contributed by atoms with van der Waals surface area (Å²) in [6.45, 7) is 0. The zero-order chi connectivity index (χ0) is 35.8. The van der Waals surface area contributed by atoms with Crippen molar-refractivity contribution in [2.75, 3.05) is 4.90 Å². The van der Waals surface area contributed by atoms with Gasteiger partial charge in [-0.3, -0.25) is 0 Å². The molecule has 2 nitrogen and oxygen atoms in total. The molecule has 0 aliphatic rings. The van der Waals surface area contributed by atoms with Gasteiger partial charge in [-0.2, -0.15) is 0 Å². The number of nitrogens with zero attached hydrogens (tertiary/aromatic N) is 2. The maximum absolute atomic E-state index is 2.42. The summed E-state index contributed by atoms with van der Waals surface area (Å²) >= 11 is 0. The summed E-state index contributed by atoms with van der Waals surface area (Å²) in [5, 5.41) is 5.00. The third-order valence-corrected chi connectivity index (χ3v) is 10.6. The molecule has 0 radical (unpaired) electrons. The van der Waals surface area contributed by atoms with Crippen molar-refractivity contribution in [1.29, 1.82) is 0 Å². The van der Waals surface area contributed by atoms with Crippen molar-refractivity contribution in [2.45, 2.75) is 0 Å². The minimum absolute atomic E-state index is 1.10. The number of rotatable bonds is 7. The summed E-state index contributed by atoms with van der Waals surface area (Å²) < 4.78 is 2.42. The van der Waals surface area contributed by atoms with Crippen LogP contribution in [0, 0.1) is 0 Å². The average Bonchev–Trinajstić information content (AvgIpc) is 3.59. The molecule has 0 bridgehead atoms. The molecule has 54 heavy (non-hydrogen) atoms. The largest absolute Gasteiger partial charge is 0.311 e. The Labute approximate surface area is 315 Å². The molecule has 1 heterocycles. The molecule has 0 saturated carbocycles. The van der Waals surface area contributed by atoms with Gasteiger partial charge in [0.2, 0.25) is 0 Å².